The molecule has 0 unspecified atom stereocenters. The normalized spacial score (nSPS) is 14.4. The van der Waals surface area contributed by atoms with Crippen molar-refractivity contribution in [3.05, 3.63) is 30.1 Å². The Morgan fingerprint density at radius 3 is 2.60 bits per heavy atom. The lowest BCUT2D eigenvalue weighted by atomic mass is 9.98. The summed E-state index contributed by atoms with van der Waals surface area (Å²) in [4.78, 5) is 20.0. The van der Waals surface area contributed by atoms with Gasteiger partial charge in [0.25, 0.3) is 0 Å². The Kier molecular flexibility index (Phi) is 4.42. The maximum absolute atomic E-state index is 12.0. The summed E-state index contributed by atoms with van der Waals surface area (Å²) >= 11 is 0. The number of amides is 1. The van der Waals surface area contributed by atoms with Gasteiger partial charge in [-0.2, -0.15) is 0 Å². The zero-order valence-corrected chi connectivity index (χ0v) is 12.6. The molecular weight excluding hydrogens is 250 g/mol. The first-order valence-electron chi connectivity index (χ1n) is 7.28. The van der Waals surface area contributed by atoms with Crippen LogP contribution in [-0.4, -0.2) is 15.9 Å². The van der Waals surface area contributed by atoms with Gasteiger partial charge in [-0.05, 0) is 18.1 Å². The number of carbonyl (C=O) groups excluding carboxylic acids is 1. The number of fused-ring (bicyclic) bond motifs is 1. The molecule has 2 aromatic rings. The van der Waals surface area contributed by atoms with Crippen molar-refractivity contribution in [1.29, 1.82) is 0 Å². The lowest BCUT2D eigenvalue weighted by molar-refractivity contribution is -0.125. The van der Waals surface area contributed by atoms with E-state index in [-0.39, 0.29) is 17.9 Å². The first-order valence-corrected chi connectivity index (χ1v) is 7.28. The molecule has 1 amide bonds. The smallest absolute Gasteiger partial charge is 0.223 e. The van der Waals surface area contributed by atoms with Crippen LogP contribution < -0.4 is 5.32 Å². The molecule has 0 saturated heterocycles. The maximum atomic E-state index is 12.0. The molecule has 1 aromatic carbocycles. The Morgan fingerprint density at radius 2 is 2.00 bits per heavy atom. The number of hydrogen-bond acceptors (Lipinski definition) is 2. The second kappa shape index (κ2) is 6.07. The number of rotatable bonds is 5. The molecule has 0 aliphatic carbocycles. The molecule has 108 valence electrons. The molecule has 1 heterocycles. The predicted molar refractivity (Wildman–Crippen MR) is 81.3 cm³/mol. The van der Waals surface area contributed by atoms with Gasteiger partial charge in [-0.3, -0.25) is 4.79 Å². The fraction of sp³-hybridized carbons (Fsp3) is 0.500. The van der Waals surface area contributed by atoms with Gasteiger partial charge in [-0.1, -0.05) is 46.2 Å². The molecule has 0 spiro atoms. The minimum atomic E-state index is -0.0673. The van der Waals surface area contributed by atoms with Gasteiger partial charge < -0.3 is 10.3 Å². The number of para-hydroxylation sites is 2. The first-order chi connectivity index (χ1) is 9.52. The summed E-state index contributed by atoms with van der Waals surface area (Å²) in [5.41, 5.74) is 1.95. The van der Waals surface area contributed by atoms with Gasteiger partial charge in [0.1, 0.15) is 5.82 Å². The average molecular weight is 273 g/mol. The van der Waals surface area contributed by atoms with Gasteiger partial charge in [0.2, 0.25) is 5.91 Å². The zero-order valence-electron chi connectivity index (χ0n) is 12.6. The number of carbonyl (C=O) groups is 1. The minimum absolute atomic E-state index is 0.0223. The third kappa shape index (κ3) is 3.00. The lowest BCUT2D eigenvalue weighted by Gasteiger charge is -2.23. The molecule has 2 atom stereocenters. The monoisotopic (exact) mass is 273 g/mol. The third-order valence-corrected chi connectivity index (χ3v) is 3.74. The Balaban J connectivity index is 2.32. The summed E-state index contributed by atoms with van der Waals surface area (Å²) in [6.45, 7) is 8.07. The van der Waals surface area contributed by atoms with Crippen LogP contribution in [-0.2, 0) is 4.79 Å². The van der Waals surface area contributed by atoms with Crippen molar-refractivity contribution in [1.82, 2.24) is 15.3 Å². The molecule has 2 rings (SSSR count). The number of hydrogen-bond donors (Lipinski definition) is 2. The Bertz CT molecular complexity index is 555. The zero-order chi connectivity index (χ0) is 14.7. The fourth-order valence-corrected chi connectivity index (χ4v) is 2.16. The van der Waals surface area contributed by atoms with Crippen molar-refractivity contribution in [2.24, 2.45) is 11.8 Å². The predicted octanol–water partition coefficient (Wildman–Crippen LogP) is 3.42. The molecule has 4 nitrogen and oxygen atoms in total. The van der Waals surface area contributed by atoms with Crippen LogP contribution in [0.15, 0.2) is 24.3 Å². The van der Waals surface area contributed by atoms with Crippen LogP contribution >= 0.6 is 0 Å². The summed E-state index contributed by atoms with van der Waals surface area (Å²) in [5.74, 6) is 1.22. The largest absolute Gasteiger partial charge is 0.346 e. The average Bonchev–Trinajstić information content (AvgIpc) is 2.86. The second-order valence-electron chi connectivity index (χ2n) is 5.67. The number of aromatic nitrogens is 2. The fourth-order valence-electron chi connectivity index (χ4n) is 2.16. The van der Waals surface area contributed by atoms with Crippen LogP contribution in [0.25, 0.3) is 11.0 Å². The molecular formula is C16H23N3O. The van der Waals surface area contributed by atoms with E-state index < -0.39 is 0 Å². The molecule has 20 heavy (non-hydrogen) atoms. The Labute approximate surface area is 120 Å². The van der Waals surface area contributed by atoms with E-state index in [4.69, 9.17) is 0 Å². The minimum Gasteiger partial charge on any atom is -0.346 e. The van der Waals surface area contributed by atoms with Crippen LogP contribution in [0.3, 0.4) is 0 Å². The van der Waals surface area contributed by atoms with E-state index in [2.05, 4.69) is 29.1 Å². The molecule has 1 aromatic heterocycles. The highest BCUT2D eigenvalue weighted by Crippen LogP contribution is 2.24. The van der Waals surface area contributed by atoms with Crippen molar-refractivity contribution in [2.45, 2.75) is 40.2 Å². The van der Waals surface area contributed by atoms with Crippen LogP contribution in [0.1, 0.15) is 46.0 Å². The maximum Gasteiger partial charge on any atom is 0.223 e. The standard InChI is InChI=1S/C16H23N3O/c1-5-11(4)14(19-16(20)10(2)3)15-17-12-8-6-7-9-13(12)18-15/h6-11,14H,5H2,1-4H3,(H,17,18)(H,19,20)/t11-,14+/m0/s1. The molecule has 0 saturated carbocycles. The summed E-state index contributed by atoms with van der Waals surface area (Å²) < 4.78 is 0. The SMILES string of the molecule is CC[C@H](C)[C@@H](NC(=O)C(C)C)c1nc2ccccc2[nH]1. The van der Waals surface area contributed by atoms with E-state index in [0.717, 1.165) is 23.3 Å². The number of nitrogens with one attached hydrogen (secondary N) is 2. The Hall–Kier alpha value is -1.84. The summed E-state index contributed by atoms with van der Waals surface area (Å²) in [5, 5.41) is 3.11. The van der Waals surface area contributed by atoms with Crippen LogP contribution in [0.2, 0.25) is 0 Å². The van der Waals surface area contributed by atoms with Crippen molar-refractivity contribution >= 4 is 16.9 Å². The lowest BCUT2D eigenvalue weighted by Crippen LogP contribution is -2.35. The molecule has 0 aliphatic heterocycles. The highest BCUT2D eigenvalue weighted by atomic mass is 16.1. The summed E-state index contributed by atoms with van der Waals surface area (Å²) in [6.07, 6.45) is 0.986. The van der Waals surface area contributed by atoms with Crippen molar-refractivity contribution in [3.63, 3.8) is 0 Å². The van der Waals surface area contributed by atoms with Crippen LogP contribution in [0.4, 0.5) is 0 Å². The van der Waals surface area contributed by atoms with Gasteiger partial charge in [0, 0.05) is 5.92 Å². The quantitative estimate of drug-likeness (QED) is 0.877. The number of nitrogens with zero attached hydrogens (tertiary/aromatic N) is 1. The van der Waals surface area contributed by atoms with Gasteiger partial charge in [0.15, 0.2) is 0 Å². The van der Waals surface area contributed by atoms with E-state index in [1.165, 1.54) is 0 Å². The second-order valence-corrected chi connectivity index (χ2v) is 5.67. The molecule has 0 radical (unpaired) electrons. The van der Waals surface area contributed by atoms with Gasteiger partial charge in [-0.15, -0.1) is 0 Å². The van der Waals surface area contributed by atoms with E-state index in [0.29, 0.717) is 5.92 Å². The van der Waals surface area contributed by atoms with Gasteiger partial charge in [0.05, 0.1) is 17.1 Å². The molecule has 4 heteroatoms. The van der Waals surface area contributed by atoms with Crippen molar-refractivity contribution in [2.75, 3.05) is 0 Å². The molecule has 2 N–H and O–H groups in total. The molecule has 0 fully saturated rings. The number of benzene rings is 1. The van der Waals surface area contributed by atoms with Crippen LogP contribution in [0.5, 0.6) is 0 Å². The topological polar surface area (TPSA) is 57.8 Å². The Morgan fingerprint density at radius 1 is 1.30 bits per heavy atom. The first kappa shape index (κ1) is 14.6. The van der Waals surface area contributed by atoms with Crippen LogP contribution in [0, 0.1) is 11.8 Å². The summed E-state index contributed by atoms with van der Waals surface area (Å²) in [6, 6.07) is 7.87. The van der Waals surface area contributed by atoms with E-state index in [1.54, 1.807) is 0 Å². The number of H-pyrrole nitrogens is 1. The number of imidazole rings is 1. The number of aromatic amines is 1. The van der Waals surface area contributed by atoms with Crippen molar-refractivity contribution < 1.29 is 4.79 Å². The highest BCUT2D eigenvalue weighted by Gasteiger charge is 2.24. The molecule has 0 bridgehead atoms. The third-order valence-electron chi connectivity index (χ3n) is 3.74. The van der Waals surface area contributed by atoms with Crippen molar-refractivity contribution in [3.8, 4) is 0 Å². The van der Waals surface area contributed by atoms with E-state index in [1.807, 2.05) is 38.1 Å². The van der Waals surface area contributed by atoms with E-state index >= 15 is 0 Å². The highest BCUT2D eigenvalue weighted by molar-refractivity contribution is 5.79. The van der Waals surface area contributed by atoms with Gasteiger partial charge in [-0.25, -0.2) is 4.98 Å². The van der Waals surface area contributed by atoms with E-state index in [9.17, 15) is 4.79 Å². The summed E-state index contributed by atoms with van der Waals surface area (Å²) in [7, 11) is 0. The molecule has 0 aliphatic rings. The van der Waals surface area contributed by atoms with Gasteiger partial charge >= 0.3 is 0 Å².